The van der Waals surface area contributed by atoms with E-state index in [2.05, 4.69) is 31.9 Å². The third-order valence-electron chi connectivity index (χ3n) is 14.7. The van der Waals surface area contributed by atoms with E-state index in [0.29, 0.717) is 21.6 Å². The van der Waals surface area contributed by atoms with E-state index in [9.17, 15) is 113 Å². The number of aliphatic hydroxyl groups excluding tert-OH is 1. The zero-order valence-corrected chi connectivity index (χ0v) is 58.7. The van der Waals surface area contributed by atoms with Crippen molar-refractivity contribution in [2.24, 2.45) is 0 Å². The summed E-state index contributed by atoms with van der Waals surface area (Å²) in [6, 6.07) is 25.6. The Morgan fingerprint density at radius 2 is 0.711 bits per heavy atom. The number of carbonyl (C=O) groups excluding carboxylic acids is 14. The van der Waals surface area contributed by atoms with Crippen molar-refractivity contribution < 1.29 is 134 Å². The molecule has 0 radical (unpaired) electrons. The molecule has 6 heterocycles. The number of benzene rings is 4. The Hall–Kier alpha value is -16.1. The number of hydrogen-bond acceptors (Lipinski definition) is 32. The smallest absolute Gasteiger partial charge is 0.483 e. The summed E-state index contributed by atoms with van der Waals surface area (Å²) < 4.78 is 47.0. The Balaban J connectivity index is 0.000000217. The number of ether oxygens (including phenoxy) is 6. The van der Waals surface area contributed by atoms with E-state index in [1.165, 1.54) is 91.9 Å². The van der Waals surface area contributed by atoms with Crippen LogP contribution in [0.15, 0.2) is 165 Å². The van der Waals surface area contributed by atoms with Gasteiger partial charge in [0.05, 0.1) is 66.4 Å². The van der Waals surface area contributed by atoms with Gasteiger partial charge >= 0.3 is 29.8 Å². The number of anilines is 3. The fourth-order valence-corrected chi connectivity index (χ4v) is 9.32. The standard InChI is InChI=1S/C27H21N5O13.C22H20N4O10.C20H18N4O9/c33-22(12-28-23(34)13-30-24(35)8-9-25(30)36)29-20-11-16(1-7-21(20)42-15-19-6-10-26(44-19)32(40)41)14-43-27(37)45-18-4-2-17(3-5-18)31(38)39;1-13(27)34-11-14-2-4-17(35-12-15-3-7-22(36-15)26(32)33)16(8-14)24-18(28)9-23-19(29)10-25-20(30)5-6-21(25)31;25-10-12-1-3-15(32-11-13-2-6-20(33-13)24(30)31)14(7-12)22-16(26)8-21-17(27)9-23-18(28)4-5-19(23)29/h1-11H,12-15H2,(H,28,34)(H,29,33);2-8H,9-12H2,1H3,(H,23,29)(H,24,28);1-7,25H,8-11H2,(H,21,27)(H,22,26). The van der Waals surface area contributed by atoms with Crippen molar-refractivity contribution in [3.8, 4) is 23.0 Å². The molecule has 0 aliphatic carbocycles. The number of nitro groups is 4. The van der Waals surface area contributed by atoms with Gasteiger partial charge in [-0.1, -0.05) is 18.2 Å². The van der Waals surface area contributed by atoms with Crippen molar-refractivity contribution in [1.82, 2.24) is 30.7 Å². The van der Waals surface area contributed by atoms with Crippen molar-refractivity contribution in [1.29, 1.82) is 0 Å². The number of nitro benzene ring substituents is 1. The minimum Gasteiger partial charge on any atom is -0.483 e. The van der Waals surface area contributed by atoms with Gasteiger partial charge in [-0.15, -0.1) is 0 Å². The van der Waals surface area contributed by atoms with Crippen LogP contribution >= 0.6 is 0 Å². The summed E-state index contributed by atoms with van der Waals surface area (Å²) in [5, 5.41) is 66.9. The molecular formula is C69H59N13O32. The molecular weight excluding hydrogens is 1520 g/mol. The first kappa shape index (κ1) is 83.5. The second-order valence-corrected chi connectivity index (χ2v) is 22.9. The predicted molar refractivity (Wildman–Crippen MR) is 376 cm³/mol. The number of nitrogens with one attached hydrogen (secondary N) is 6. The van der Waals surface area contributed by atoms with Gasteiger partial charge in [-0.05, 0) is 83.4 Å². The van der Waals surface area contributed by atoms with Gasteiger partial charge in [-0.3, -0.25) is 117 Å². The van der Waals surface area contributed by atoms with Gasteiger partial charge in [0.2, 0.25) is 35.4 Å². The number of non-ortho nitro benzene ring substituents is 1. The van der Waals surface area contributed by atoms with E-state index < -0.39 is 160 Å². The topological polar surface area (TPSA) is 608 Å². The minimum atomic E-state index is -1.12. The van der Waals surface area contributed by atoms with Gasteiger partial charge < -0.3 is 78.7 Å². The number of nitrogens with zero attached hydrogens (tertiary/aromatic N) is 7. The first-order valence-electron chi connectivity index (χ1n) is 32.5. The highest BCUT2D eigenvalue weighted by Gasteiger charge is 2.29. The highest BCUT2D eigenvalue weighted by atomic mass is 16.7. The Bertz CT molecular complexity index is 5000. The third-order valence-corrected chi connectivity index (χ3v) is 14.7. The lowest BCUT2D eigenvalue weighted by Crippen LogP contribution is -2.42. The molecule has 3 aliphatic rings. The predicted octanol–water partition coefficient (Wildman–Crippen LogP) is 3.42. The molecule has 7 aromatic rings. The zero-order chi connectivity index (χ0) is 82.7. The molecule has 592 valence electrons. The number of aliphatic hydroxyl groups is 1. The van der Waals surface area contributed by atoms with Crippen LogP contribution in [0.1, 0.15) is 40.9 Å². The molecule has 4 aromatic carbocycles. The lowest BCUT2D eigenvalue weighted by molar-refractivity contribution is -0.402. The number of rotatable bonds is 34. The van der Waals surface area contributed by atoms with Crippen molar-refractivity contribution in [3.63, 3.8) is 0 Å². The molecule has 0 fully saturated rings. The van der Waals surface area contributed by atoms with Gasteiger partial charge in [0.15, 0.2) is 0 Å². The Morgan fingerprint density at radius 1 is 0.395 bits per heavy atom. The van der Waals surface area contributed by atoms with Gasteiger partial charge in [0, 0.05) is 55.5 Å². The third kappa shape index (κ3) is 25.3. The van der Waals surface area contributed by atoms with Crippen LogP contribution in [0.3, 0.4) is 0 Å². The molecule has 0 atom stereocenters. The molecule has 0 bridgehead atoms. The van der Waals surface area contributed by atoms with Gasteiger partial charge in [0.25, 0.3) is 41.1 Å². The maximum atomic E-state index is 12.7. The second kappa shape index (κ2) is 39.6. The van der Waals surface area contributed by atoms with Crippen LogP contribution in [0.25, 0.3) is 0 Å². The molecule has 12 amide bonds. The Morgan fingerprint density at radius 3 is 1.01 bits per heavy atom. The molecule has 45 nitrogen and oxygen atoms in total. The van der Waals surface area contributed by atoms with Crippen molar-refractivity contribution in [2.75, 3.05) is 55.2 Å². The monoisotopic (exact) mass is 1580 g/mol. The average Bonchev–Trinajstić information content (AvgIpc) is 1.12. The highest BCUT2D eigenvalue weighted by molar-refractivity contribution is 6.16. The fraction of sp³-hybridized carbons (Fsp3) is 0.188. The average molecular weight is 1580 g/mol. The van der Waals surface area contributed by atoms with Crippen molar-refractivity contribution >= 4 is 123 Å². The summed E-state index contributed by atoms with van der Waals surface area (Å²) in [6.07, 6.45) is 5.05. The van der Waals surface area contributed by atoms with Crippen molar-refractivity contribution in [2.45, 2.75) is 46.6 Å². The number of hydrogen-bond donors (Lipinski definition) is 7. The molecule has 0 saturated heterocycles. The summed E-state index contributed by atoms with van der Waals surface area (Å²) in [5.41, 5.74) is 1.51. The van der Waals surface area contributed by atoms with E-state index in [1.54, 1.807) is 12.1 Å². The number of amides is 12. The molecule has 10 rings (SSSR count). The van der Waals surface area contributed by atoms with Crippen LogP contribution in [0.2, 0.25) is 0 Å². The van der Waals surface area contributed by atoms with Crippen LogP contribution in [0.4, 0.5) is 45.2 Å². The van der Waals surface area contributed by atoms with Crippen LogP contribution < -0.4 is 50.8 Å². The first-order valence-corrected chi connectivity index (χ1v) is 32.5. The quantitative estimate of drug-likeness (QED) is 0.00998. The van der Waals surface area contributed by atoms with Gasteiger partial charge in [-0.25, -0.2) is 4.79 Å². The van der Waals surface area contributed by atoms with Crippen molar-refractivity contribution in [3.05, 3.63) is 226 Å². The Kier molecular flexibility index (Phi) is 29.0. The van der Waals surface area contributed by atoms with Crippen LogP contribution in [0, 0.1) is 40.5 Å². The van der Waals surface area contributed by atoms with E-state index in [4.69, 9.17) is 41.7 Å². The largest absolute Gasteiger partial charge is 0.514 e. The van der Waals surface area contributed by atoms with Crippen LogP contribution in [-0.4, -0.2) is 162 Å². The molecule has 0 spiro atoms. The minimum absolute atomic E-state index is 0.00256. The SMILES string of the molecule is CC(=O)OCc1ccc(OCc2ccc([N+](=O)[O-])o2)c(NC(=O)CNC(=O)CN2C(=O)C=CC2=O)c1.O=C(CN1C(=O)C=CC1=O)NCC(=O)Nc1cc(CO)ccc1OCc1ccc([N+](=O)[O-])o1.O=C(CN1C(=O)C=CC1=O)NCC(=O)Nc1cc(COC(=O)Oc2ccc([N+](=O)[O-])cc2)ccc1OCc1ccc([N+](=O)[O-])o1. The maximum Gasteiger partial charge on any atom is 0.514 e. The van der Waals surface area contributed by atoms with E-state index in [0.717, 1.165) is 64.5 Å². The lowest BCUT2D eigenvalue weighted by Gasteiger charge is -2.15. The normalized spacial score (nSPS) is 12.4. The van der Waals surface area contributed by atoms with E-state index >= 15 is 0 Å². The molecule has 114 heavy (non-hydrogen) atoms. The number of carbonyl (C=O) groups is 14. The summed E-state index contributed by atoms with van der Waals surface area (Å²) in [4.78, 5) is 209. The Labute approximate surface area is 636 Å². The highest BCUT2D eigenvalue weighted by Crippen LogP contribution is 2.32. The molecule has 0 saturated carbocycles. The number of imide groups is 3. The van der Waals surface area contributed by atoms with E-state index in [-0.39, 0.29) is 103 Å². The first-order chi connectivity index (χ1) is 54.4. The molecule has 7 N–H and O–H groups in total. The summed E-state index contributed by atoms with van der Waals surface area (Å²) in [7, 11) is 0. The molecule has 45 heteroatoms. The van der Waals surface area contributed by atoms with Crippen LogP contribution in [0.5, 0.6) is 23.0 Å². The molecule has 3 aliphatic heterocycles. The van der Waals surface area contributed by atoms with Crippen LogP contribution in [-0.2, 0) is 111 Å². The summed E-state index contributed by atoms with van der Waals surface area (Å²) in [6.45, 7) is -3.29. The lowest BCUT2D eigenvalue weighted by atomic mass is 10.2. The second-order valence-electron chi connectivity index (χ2n) is 22.9. The zero-order valence-electron chi connectivity index (χ0n) is 58.7. The molecule has 3 aromatic heterocycles. The summed E-state index contributed by atoms with van der Waals surface area (Å²) >= 11 is 0. The molecule has 0 unspecified atom stereocenters. The van der Waals surface area contributed by atoms with Gasteiger partial charge in [-0.2, -0.15) is 0 Å². The van der Waals surface area contributed by atoms with Gasteiger partial charge in [0.1, 0.15) is 108 Å². The summed E-state index contributed by atoms with van der Waals surface area (Å²) in [5.74, 6) is -9.14. The van der Waals surface area contributed by atoms with E-state index in [1.807, 2.05) is 0 Å². The number of furan rings is 3. The fourth-order valence-electron chi connectivity index (χ4n) is 9.32. The maximum absolute atomic E-state index is 12.7. The number of esters is 1.